The van der Waals surface area contributed by atoms with Crippen molar-refractivity contribution in [2.24, 2.45) is 0 Å². The number of benzene rings is 2. The lowest BCUT2D eigenvalue weighted by Gasteiger charge is -2.12. The minimum absolute atomic E-state index is 0.131. The molecule has 4 heteroatoms. The molecule has 0 radical (unpaired) electrons. The number of nitro benzene ring substituents is 1. The Morgan fingerprint density at radius 1 is 1.10 bits per heavy atom. The second-order valence-electron chi connectivity index (χ2n) is 4.94. The summed E-state index contributed by atoms with van der Waals surface area (Å²) >= 11 is 3.70. The lowest BCUT2D eigenvalue weighted by atomic mass is 10.0. The first kappa shape index (κ1) is 14.7. The molecule has 0 amide bonds. The van der Waals surface area contributed by atoms with E-state index >= 15 is 0 Å². The van der Waals surface area contributed by atoms with Crippen molar-refractivity contribution in [3.63, 3.8) is 0 Å². The van der Waals surface area contributed by atoms with Gasteiger partial charge in [0.2, 0.25) is 0 Å². The van der Waals surface area contributed by atoms with Gasteiger partial charge in [0, 0.05) is 17.0 Å². The van der Waals surface area contributed by atoms with Crippen LogP contribution in [0.3, 0.4) is 0 Å². The Bertz CT molecular complexity index is 623. The van der Waals surface area contributed by atoms with Gasteiger partial charge >= 0.3 is 0 Å². The van der Waals surface area contributed by atoms with Gasteiger partial charge in [0.05, 0.1) is 4.92 Å². The molecule has 2 aromatic rings. The van der Waals surface area contributed by atoms with E-state index in [0.717, 1.165) is 12.0 Å². The number of hydrogen-bond acceptors (Lipinski definition) is 2. The highest BCUT2D eigenvalue weighted by Crippen LogP contribution is 2.29. The van der Waals surface area contributed by atoms with Crippen LogP contribution in [0.2, 0.25) is 0 Å². The average Bonchev–Trinajstić information content (AvgIpc) is 2.42. The number of alkyl halides is 1. The largest absolute Gasteiger partial charge is 0.269 e. The number of non-ortho nitro benzene ring substituents is 1. The third-order valence-corrected chi connectivity index (χ3v) is 4.31. The van der Waals surface area contributed by atoms with Crippen LogP contribution in [0.15, 0.2) is 42.5 Å². The van der Waals surface area contributed by atoms with Crippen molar-refractivity contribution in [3.8, 4) is 0 Å². The van der Waals surface area contributed by atoms with E-state index in [1.807, 2.05) is 12.1 Å². The Labute approximate surface area is 126 Å². The zero-order chi connectivity index (χ0) is 14.7. The first-order valence-electron chi connectivity index (χ1n) is 6.42. The van der Waals surface area contributed by atoms with Gasteiger partial charge in [0.15, 0.2) is 0 Å². The standard InChI is InChI=1S/C16H16BrNO2/c1-11-3-6-14(9-12(11)2)16(17)10-13-4-7-15(8-5-13)18(19)20/h3-9,16H,10H2,1-2H3. The Kier molecular flexibility index (Phi) is 4.55. The van der Waals surface area contributed by atoms with E-state index in [4.69, 9.17) is 0 Å². The second kappa shape index (κ2) is 6.18. The summed E-state index contributed by atoms with van der Waals surface area (Å²) in [6.07, 6.45) is 0.806. The third kappa shape index (κ3) is 3.45. The molecule has 0 aliphatic rings. The van der Waals surface area contributed by atoms with E-state index in [9.17, 15) is 10.1 Å². The predicted molar refractivity (Wildman–Crippen MR) is 84.4 cm³/mol. The molecule has 0 saturated heterocycles. The van der Waals surface area contributed by atoms with Crippen LogP contribution in [0.1, 0.15) is 27.1 Å². The normalized spacial score (nSPS) is 12.2. The number of aryl methyl sites for hydroxylation is 2. The lowest BCUT2D eigenvalue weighted by Crippen LogP contribution is -1.97. The molecule has 2 rings (SSSR count). The van der Waals surface area contributed by atoms with Crippen LogP contribution in [0.4, 0.5) is 5.69 Å². The molecule has 0 spiro atoms. The fourth-order valence-corrected chi connectivity index (χ4v) is 2.70. The molecule has 0 aliphatic heterocycles. The van der Waals surface area contributed by atoms with Gasteiger partial charge < -0.3 is 0 Å². The first-order valence-corrected chi connectivity index (χ1v) is 7.33. The molecule has 0 saturated carbocycles. The fourth-order valence-electron chi connectivity index (χ4n) is 2.04. The number of halogens is 1. The van der Waals surface area contributed by atoms with Gasteiger partial charge in [0.1, 0.15) is 0 Å². The maximum absolute atomic E-state index is 10.6. The van der Waals surface area contributed by atoms with Crippen molar-refractivity contribution in [2.45, 2.75) is 25.1 Å². The summed E-state index contributed by atoms with van der Waals surface area (Å²) in [5.41, 5.74) is 4.99. The van der Waals surface area contributed by atoms with Crippen molar-refractivity contribution in [1.29, 1.82) is 0 Å². The highest BCUT2D eigenvalue weighted by Gasteiger charge is 2.11. The molecule has 0 fully saturated rings. The van der Waals surface area contributed by atoms with Crippen molar-refractivity contribution in [3.05, 3.63) is 74.8 Å². The summed E-state index contributed by atoms with van der Waals surface area (Å²) in [7, 11) is 0. The van der Waals surface area contributed by atoms with Gasteiger partial charge in [-0.05, 0) is 42.5 Å². The molecule has 104 valence electrons. The highest BCUT2D eigenvalue weighted by atomic mass is 79.9. The summed E-state index contributed by atoms with van der Waals surface area (Å²) in [6.45, 7) is 4.20. The van der Waals surface area contributed by atoms with Gasteiger partial charge in [-0.2, -0.15) is 0 Å². The molecule has 0 heterocycles. The maximum atomic E-state index is 10.6. The van der Waals surface area contributed by atoms with Gasteiger partial charge in [-0.3, -0.25) is 10.1 Å². The number of rotatable bonds is 4. The molecule has 3 nitrogen and oxygen atoms in total. The van der Waals surface area contributed by atoms with Gasteiger partial charge in [-0.15, -0.1) is 0 Å². The number of nitro groups is 1. The topological polar surface area (TPSA) is 43.1 Å². The summed E-state index contributed by atoms with van der Waals surface area (Å²) in [4.78, 5) is 10.5. The van der Waals surface area contributed by atoms with E-state index in [0.29, 0.717) is 0 Å². The minimum atomic E-state index is -0.376. The van der Waals surface area contributed by atoms with Crippen LogP contribution in [0.25, 0.3) is 0 Å². The smallest absolute Gasteiger partial charge is 0.258 e. The van der Waals surface area contributed by atoms with Crippen LogP contribution >= 0.6 is 15.9 Å². The van der Waals surface area contributed by atoms with Crippen molar-refractivity contribution in [1.82, 2.24) is 0 Å². The van der Waals surface area contributed by atoms with Crippen LogP contribution in [-0.4, -0.2) is 4.92 Å². The van der Waals surface area contributed by atoms with E-state index in [-0.39, 0.29) is 15.4 Å². The molecular weight excluding hydrogens is 318 g/mol. The van der Waals surface area contributed by atoms with Crippen molar-refractivity contribution < 1.29 is 4.92 Å². The quantitative estimate of drug-likeness (QED) is 0.454. The molecule has 1 atom stereocenters. The third-order valence-electron chi connectivity index (χ3n) is 3.45. The number of hydrogen-bond donors (Lipinski definition) is 0. The molecular formula is C16H16BrNO2. The molecule has 0 bridgehead atoms. The van der Waals surface area contributed by atoms with Crippen LogP contribution in [-0.2, 0) is 6.42 Å². The molecule has 20 heavy (non-hydrogen) atoms. The molecule has 0 aliphatic carbocycles. The van der Waals surface area contributed by atoms with Crippen LogP contribution < -0.4 is 0 Å². The Morgan fingerprint density at radius 2 is 1.75 bits per heavy atom. The van der Waals surface area contributed by atoms with E-state index < -0.39 is 0 Å². The van der Waals surface area contributed by atoms with Gasteiger partial charge in [0.25, 0.3) is 5.69 Å². The molecule has 2 aromatic carbocycles. The zero-order valence-electron chi connectivity index (χ0n) is 11.5. The monoisotopic (exact) mass is 333 g/mol. The fraction of sp³-hybridized carbons (Fsp3) is 0.250. The Balaban J connectivity index is 2.12. The second-order valence-corrected chi connectivity index (χ2v) is 6.04. The van der Waals surface area contributed by atoms with E-state index in [1.54, 1.807) is 12.1 Å². The average molecular weight is 334 g/mol. The van der Waals surface area contributed by atoms with Crippen molar-refractivity contribution in [2.75, 3.05) is 0 Å². The summed E-state index contributed by atoms with van der Waals surface area (Å²) < 4.78 is 0. The van der Waals surface area contributed by atoms with Gasteiger partial charge in [-0.1, -0.05) is 46.3 Å². The Hall–Kier alpha value is -1.68. The van der Waals surface area contributed by atoms with E-state index in [2.05, 4.69) is 48.0 Å². The molecule has 0 N–H and O–H groups in total. The summed E-state index contributed by atoms with van der Waals surface area (Å²) in [5.74, 6) is 0. The summed E-state index contributed by atoms with van der Waals surface area (Å²) in [6, 6.07) is 13.1. The summed E-state index contributed by atoms with van der Waals surface area (Å²) in [5, 5.41) is 10.6. The lowest BCUT2D eigenvalue weighted by molar-refractivity contribution is -0.384. The SMILES string of the molecule is Cc1ccc(C(Br)Cc2ccc([N+](=O)[O-])cc2)cc1C. The highest BCUT2D eigenvalue weighted by molar-refractivity contribution is 9.09. The van der Waals surface area contributed by atoms with E-state index in [1.165, 1.54) is 16.7 Å². The minimum Gasteiger partial charge on any atom is -0.258 e. The van der Waals surface area contributed by atoms with Crippen LogP contribution in [0.5, 0.6) is 0 Å². The van der Waals surface area contributed by atoms with Gasteiger partial charge in [-0.25, -0.2) is 0 Å². The zero-order valence-corrected chi connectivity index (χ0v) is 13.1. The molecule has 1 unspecified atom stereocenters. The Morgan fingerprint density at radius 3 is 2.30 bits per heavy atom. The molecule has 0 aromatic heterocycles. The number of nitrogens with zero attached hydrogens (tertiary/aromatic N) is 1. The van der Waals surface area contributed by atoms with Crippen molar-refractivity contribution >= 4 is 21.6 Å². The first-order chi connectivity index (χ1) is 9.47. The maximum Gasteiger partial charge on any atom is 0.269 e. The predicted octanol–water partition coefficient (Wildman–Crippen LogP) is 4.89. The van der Waals surface area contributed by atoms with Crippen LogP contribution in [0, 0.1) is 24.0 Å².